The topological polar surface area (TPSA) is 569 Å². The molecular weight excluding hydrogens is 1290 g/mol. The van der Waals surface area contributed by atoms with Gasteiger partial charge in [-0.25, -0.2) is 9.59 Å². The molecule has 0 aromatic heterocycles. The number of anilines is 1. The van der Waals surface area contributed by atoms with E-state index in [9.17, 15) is 110 Å². The first kappa shape index (κ1) is 82.5. The Hall–Kier alpha value is -10.4. The van der Waals surface area contributed by atoms with Crippen molar-refractivity contribution in [1.82, 2.24) is 6.15 Å². The molecule has 0 radical (unpaired) electrons. The largest absolute Gasteiger partial charge is 0.502 e. The summed E-state index contributed by atoms with van der Waals surface area (Å²) in [5.41, 5.74) is 20.7. The van der Waals surface area contributed by atoms with Crippen LogP contribution in [0, 0.1) is 47.9 Å². The van der Waals surface area contributed by atoms with Gasteiger partial charge in [0.2, 0.25) is 23.0 Å². The molecule has 42 heteroatoms. The molecular formula is C42H42ClF8N10O22Pd-. The number of alkyl halides is 9. The number of rotatable bonds is 16. The average Bonchev–Trinajstić information content (AvgIpc) is 3.34. The fraction of sp³-hybridized carbons (Fsp3) is 0.119. The number of nitrogens with two attached hydrogens (primary N) is 5. The molecule has 0 aliphatic carbocycles. The number of phenolic OH excluding ortho intramolecular Hbond substituents is 1. The number of nitrogens with zero attached hydrogens (tertiary/aromatic N) is 4. The van der Waals surface area contributed by atoms with Crippen LogP contribution in [0.5, 0.6) is 28.7 Å². The fourth-order valence-corrected chi connectivity index (χ4v) is 4.95. The Bertz CT molecular complexity index is 2940. The molecule has 32 nitrogen and oxygen atoms in total. The van der Waals surface area contributed by atoms with E-state index in [1.54, 1.807) is 0 Å². The van der Waals surface area contributed by atoms with Crippen LogP contribution in [0.2, 0.25) is 0 Å². The number of halogens is 9. The second-order valence-corrected chi connectivity index (χ2v) is 13.8. The molecule has 466 valence electrons. The van der Waals surface area contributed by atoms with Gasteiger partial charge in [0.15, 0.2) is 5.75 Å². The van der Waals surface area contributed by atoms with Crippen molar-refractivity contribution < 1.29 is 144 Å². The van der Waals surface area contributed by atoms with E-state index in [2.05, 4.69) is 30.5 Å². The molecule has 84 heavy (non-hydrogen) atoms. The Balaban J connectivity index is -0.000000298. The van der Waals surface area contributed by atoms with Crippen LogP contribution in [0.25, 0.3) is 0 Å². The zero-order chi connectivity index (χ0) is 62.1. The maximum Gasteiger partial charge on any atom is 0.417 e. The standard InChI is InChI=1S/2C8H6F2N2O4.C8H8F2N2O2.C8H7NO5.C7H6N2O4.C2HClF2O2.CH3.H3N.H2O.Pd/c2*9-8(10)16-6-4(7(11)13)2-1-3-5(6)12(14)15;9-8(10)14-6-4(7(12)13)2-1-3-5(6)11;1-14-8(11)5-3-2-4-6(7(5)10)9(12)13;8-7(11)4-2-1-3-5(6(4)10)9(12)13;3-2(4,5)1(6)7;;;;/h2*1-3,8H,(H2,11,13);1-3,8H,11H2,(H2,12,13);2-4,10H,1H3;1-3,10H,(H2,8,11);(H,6,7);2*1H3;1H2;/q;;;;;;-1;;;. The summed E-state index contributed by atoms with van der Waals surface area (Å²) in [4.78, 5) is 102. The van der Waals surface area contributed by atoms with Crippen LogP contribution in [0.3, 0.4) is 0 Å². The Morgan fingerprint density at radius 2 is 0.762 bits per heavy atom. The zero-order valence-electron chi connectivity index (χ0n) is 41.7. The minimum atomic E-state index is -4.11. The number of phenols is 2. The Morgan fingerprint density at radius 1 is 0.524 bits per heavy atom. The van der Waals surface area contributed by atoms with E-state index in [0.717, 1.165) is 55.6 Å². The molecule has 0 fully saturated rings. The van der Waals surface area contributed by atoms with E-state index in [1.807, 2.05) is 0 Å². The molecule has 0 aliphatic heterocycles. The monoisotopic (exact) mass is 1330 g/mol. The van der Waals surface area contributed by atoms with E-state index in [-0.39, 0.29) is 67.6 Å². The predicted molar refractivity (Wildman–Crippen MR) is 265 cm³/mol. The summed E-state index contributed by atoms with van der Waals surface area (Å²) in [7, 11) is 1.13. The number of nitro groups is 4. The van der Waals surface area contributed by atoms with Crippen LogP contribution in [-0.2, 0) is 30.0 Å². The number of carboxylic acids is 1. The number of para-hydroxylation sites is 5. The molecule has 0 atom stereocenters. The van der Waals surface area contributed by atoms with Crippen molar-refractivity contribution in [3.8, 4) is 28.7 Å². The molecule has 0 saturated heterocycles. The van der Waals surface area contributed by atoms with Crippen LogP contribution in [0.1, 0.15) is 51.8 Å². The van der Waals surface area contributed by atoms with E-state index in [1.165, 1.54) is 42.5 Å². The minimum absolute atomic E-state index is 0. The Kier molecular flexibility index (Phi) is 37.6. The first-order valence-electron chi connectivity index (χ1n) is 19.7. The molecule has 0 saturated carbocycles. The summed E-state index contributed by atoms with van der Waals surface area (Å²) in [6, 6.07) is 17.5. The number of aromatic hydroxyl groups is 2. The molecule has 18 N–H and O–H groups in total. The number of benzene rings is 5. The molecule has 5 aromatic rings. The third kappa shape index (κ3) is 26.7. The maximum atomic E-state index is 12.0. The van der Waals surface area contributed by atoms with Crippen molar-refractivity contribution in [2.75, 3.05) is 12.8 Å². The molecule has 0 spiro atoms. The van der Waals surface area contributed by atoms with Crippen LogP contribution in [0.4, 0.5) is 63.6 Å². The summed E-state index contributed by atoms with van der Waals surface area (Å²) in [5, 5.41) is 63.4. The number of carbonyl (C=O) groups is 6. The van der Waals surface area contributed by atoms with E-state index < -0.39 is 137 Å². The van der Waals surface area contributed by atoms with Crippen LogP contribution < -0.4 is 49.0 Å². The van der Waals surface area contributed by atoms with Gasteiger partial charge in [0.1, 0.15) is 5.56 Å². The molecule has 0 bridgehead atoms. The van der Waals surface area contributed by atoms with Gasteiger partial charge in [-0.15, -0.1) is 0 Å². The van der Waals surface area contributed by atoms with Crippen LogP contribution >= 0.6 is 11.6 Å². The molecule has 5 rings (SSSR count). The van der Waals surface area contributed by atoms with Crippen molar-refractivity contribution in [1.29, 1.82) is 0 Å². The summed E-state index contributed by atoms with van der Waals surface area (Å²) in [5.74, 6) is -10.5. The number of nitrogen functional groups attached to an aromatic ring is 1. The van der Waals surface area contributed by atoms with Gasteiger partial charge in [-0.2, -0.15) is 35.1 Å². The summed E-state index contributed by atoms with van der Waals surface area (Å²) < 4.78 is 110. The number of esters is 1. The minimum Gasteiger partial charge on any atom is -0.502 e. The van der Waals surface area contributed by atoms with Crippen molar-refractivity contribution in [2.45, 2.75) is 25.2 Å². The van der Waals surface area contributed by atoms with Gasteiger partial charge < -0.3 is 82.0 Å². The van der Waals surface area contributed by atoms with Crippen molar-refractivity contribution >= 4 is 75.6 Å². The molecule has 0 heterocycles. The van der Waals surface area contributed by atoms with Gasteiger partial charge in [-0.3, -0.25) is 59.6 Å². The van der Waals surface area contributed by atoms with Gasteiger partial charge in [0, 0.05) is 44.7 Å². The van der Waals surface area contributed by atoms with Crippen LogP contribution in [-0.4, -0.2) is 108 Å². The molecule has 0 unspecified atom stereocenters. The number of carboxylic acid groups (broad SMARTS) is 1. The fourth-order valence-electron chi connectivity index (χ4n) is 4.95. The summed E-state index contributed by atoms with van der Waals surface area (Å²) in [6.45, 7) is -9.60. The number of carbonyl (C=O) groups excluding carboxylic acids is 5. The number of methoxy groups -OCH3 is 1. The third-order valence-electron chi connectivity index (χ3n) is 8.18. The number of amides is 4. The van der Waals surface area contributed by atoms with E-state index >= 15 is 0 Å². The smallest absolute Gasteiger partial charge is 0.417 e. The molecule has 0 aliphatic rings. The molecule has 5 aromatic carbocycles. The number of ether oxygens (including phenoxy) is 4. The number of nitro benzene ring substituents is 4. The van der Waals surface area contributed by atoms with Gasteiger partial charge in [-0.05, 0) is 48.0 Å². The van der Waals surface area contributed by atoms with Gasteiger partial charge in [-0.1, -0.05) is 30.3 Å². The summed E-state index contributed by atoms with van der Waals surface area (Å²) >= 11 is 3.94. The first-order chi connectivity index (χ1) is 36.9. The Morgan fingerprint density at radius 3 is 1.02 bits per heavy atom. The van der Waals surface area contributed by atoms with Crippen molar-refractivity contribution in [3.63, 3.8) is 0 Å². The predicted octanol–water partition coefficient (Wildman–Crippen LogP) is 5.73. The number of hydrogen-bond acceptors (Lipinski definition) is 22. The average molecular weight is 1330 g/mol. The van der Waals surface area contributed by atoms with E-state index in [4.69, 9.17) is 38.6 Å². The van der Waals surface area contributed by atoms with Crippen molar-refractivity contribution in [2.24, 2.45) is 22.9 Å². The second kappa shape index (κ2) is 38.3. The quantitative estimate of drug-likeness (QED) is 0.00831. The number of primary amides is 4. The van der Waals surface area contributed by atoms with Crippen LogP contribution in [0.15, 0.2) is 91.0 Å². The maximum absolute atomic E-state index is 12.0. The van der Waals surface area contributed by atoms with Gasteiger partial charge in [0.25, 0.3) is 23.6 Å². The van der Waals surface area contributed by atoms with E-state index in [0.29, 0.717) is 0 Å². The normalized spacial score (nSPS) is 9.58. The zero-order valence-corrected chi connectivity index (χ0v) is 44.0. The number of aliphatic carboxylic acids is 1. The third-order valence-corrected chi connectivity index (χ3v) is 8.34. The Labute approximate surface area is 480 Å². The molecule has 4 amide bonds. The summed E-state index contributed by atoms with van der Waals surface area (Å²) in [6.07, 6.45) is 0. The van der Waals surface area contributed by atoms with Gasteiger partial charge in [0.05, 0.1) is 54.7 Å². The van der Waals surface area contributed by atoms with Gasteiger partial charge >= 0.3 is 59.9 Å². The second-order valence-electron chi connectivity index (χ2n) is 13.3. The van der Waals surface area contributed by atoms with Crippen molar-refractivity contribution in [3.05, 3.63) is 167 Å². The SMILES string of the molecule is COC(=O)c1cccc([N+](=O)[O-])c1O.N.NC(=O)c1cccc(N)c1OC(F)F.NC(=O)c1cccc([N+](=O)[O-])c1O.NC(=O)c1cccc([N+](=O)[O-])c1OC(F)F.NC(=O)c1cccc([N+](=O)[O-])c1OC(F)F.O.O=C(O)C(F)(F)Cl.[CH3-].[Pd]. The first-order valence-corrected chi connectivity index (χ1v) is 20.1. The number of hydrogen-bond donors (Lipinski definition) is 9.